The third-order valence-corrected chi connectivity index (χ3v) is 4.08. The summed E-state index contributed by atoms with van der Waals surface area (Å²) in [7, 11) is 0. The van der Waals surface area contributed by atoms with Gasteiger partial charge in [0.05, 0.1) is 6.54 Å². The van der Waals surface area contributed by atoms with Crippen LogP contribution in [0.4, 0.5) is 4.79 Å². The summed E-state index contributed by atoms with van der Waals surface area (Å²) in [5.41, 5.74) is 0. The summed E-state index contributed by atoms with van der Waals surface area (Å²) in [6, 6.07) is 4.26. The molecule has 2 N–H and O–H groups in total. The van der Waals surface area contributed by atoms with Crippen LogP contribution in [0.25, 0.3) is 0 Å². The average molecular weight is 254 g/mol. The van der Waals surface area contributed by atoms with E-state index in [-0.39, 0.29) is 12.1 Å². The van der Waals surface area contributed by atoms with Gasteiger partial charge >= 0.3 is 6.03 Å². The van der Waals surface area contributed by atoms with Crippen LogP contribution in [-0.4, -0.2) is 12.1 Å². The molecule has 0 aromatic carbocycles. The average Bonchev–Trinajstić information content (AvgIpc) is 2.71. The number of rotatable bonds is 5. The molecule has 0 bridgehead atoms. The van der Waals surface area contributed by atoms with Crippen LogP contribution < -0.4 is 10.6 Å². The highest BCUT2D eigenvalue weighted by atomic mass is 32.1. The topological polar surface area (TPSA) is 41.1 Å². The zero-order valence-corrected chi connectivity index (χ0v) is 11.9. The SMILES string of the molecule is CCC(C)C(C)NC(=O)NCc1ccc(C)s1. The second-order valence-corrected chi connectivity index (χ2v) is 5.89. The molecule has 4 heteroatoms. The first kappa shape index (κ1) is 14.0. The summed E-state index contributed by atoms with van der Waals surface area (Å²) in [4.78, 5) is 14.1. The van der Waals surface area contributed by atoms with Crippen LogP contribution in [0.15, 0.2) is 12.1 Å². The maximum absolute atomic E-state index is 11.6. The van der Waals surface area contributed by atoms with Gasteiger partial charge < -0.3 is 10.6 Å². The Kier molecular flexibility index (Phi) is 5.48. The number of carbonyl (C=O) groups excluding carboxylic acids is 1. The van der Waals surface area contributed by atoms with Crippen molar-refractivity contribution in [3.63, 3.8) is 0 Å². The van der Waals surface area contributed by atoms with Crippen LogP contribution in [0.1, 0.15) is 36.9 Å². The molecule has 1 aromatic heterocycles. The molecule has 2 unspecified atom stereocenters. The van der Waals surface area contributed by atoms with Gasteiger partial charge in [-0.05, 0) is 31.9 Å². The van der Waals surface area contributed by atoms with E-state index in [1.54, 1.807) is 11.3 Å². The van der Waals surface area contributed by atoms with Gasteiger partial charge in [-0.25, -0.2) is 4.79 Å². The second kappa shape index (κ2) is 6.64. The Morgan fingerprint density at radius 1 is 1.41 bits per heavy atom. The highest BCUT2D eigenvalue weighted by Crippen LogP contribution is 2.14. The Bertz CT molecular complexity index is 362. The number of hydrogen-bond donors (Lipinski definition) is 2. The Labute approximate surface area is 108 Å². The third-order valence-electron chi connectivity index (χ3n) is 3.08. The minimum atomic E-state index is -0.0798. The van der Waals surface area contributed by atoms with E-state index in [9.17, 15) is 4.79 Å². The summed E-state index contributed by atoms with van der Waals surface area (Å²) >= 11 is 1.72. The fourth-order valence-corrected chi connectivity index (χ4v) is 2.33. The molecule has 0 aliphatic carbocycles. The van der Waals surface area contributed by atoms with E-state index >= 15 is 0 Å². The van der Waals surface area contributed by atoms with Gasteiger partial charge in [-0.3, -0.25) is 0 Å². The lowest BCUT2D eigenvalue weighted by Gasteiger charge is -2.19. The molecule has 2 atom stereocenters. The first-order chi connectivity index (χ1) is 8.02. The number of thiophene rings is 1. The largest absolute Gasteiger partial charge is 0.335 e. The van der Waals surface area contributed by atoms with E-state index in [0.717, 1.165) is 6.42 Å². The molecule has 1 heterocycles. The summed E-state index contributed by atoms with van der Waals surface area (Å²) in [6.45, 7) is 9.00. The molecular formula is C13H22N2OS. The van der Waals surface area contributed by atoms with Crippen molar-refractivity contribution in [2.75, 3.05) is 0 Å². The van der Waals surface area contributed by atoms with Gasteiger partial charge in [-0.15, -0.1) is 11.3 Å². The summed E-state index contributed by atoms with van der Waals surface area (Å²) in [5, 5.41) is 5.84. The molecule has 0 aliphatic heterocycles. The molecule has 17 heavy (non-hydrogen) atoms. The molecule has 96 valence electrons. The van der Waals surface area contributed by atoms with Crippen LogP contribution in [0.3, 0.4) is 0 Å². The van der Waals surface area contributed by atoms with Crippen molar-refractivity contribution in [2.45, 2.75) is 46.7 Å². The minimum absolute atomic E-state index is 0.0798. The number of aryl methyl sites for hydroxylation is 1. The van der Waals surface area contributed by atoms with Crippen LogP contribution in [0, 0.1) is 12.8 Å². The number of carbonyl (C=O) groups is 1. The van der Waals surface area contributed by atoms with Crippen molar-refractivity contribution >= 4 is 17.4 Å². The molecular weight excluding hydrogens is 232 g/mol. The lowest BCUT2D eigenvalue weighted by Crippen LogP contribution is -2.43. The van der Waals surface area contributed by atoms with Crippen LogP contribution in [-0.2, 0) is 6.54 Å². The maximum Gasteiger partial charge on any atom is 0.315 e. The minimum Gasteiger partial charge on any atom is -0.335 e. The number of nitrogens with one attached hydrogen (secondary N) is 2. The van der Waals surface area contributed by atoms with E-state index in [2.05, 4.69) is 43.5 Å². The summed E-state index contributed by atoms with van der Waals surface area (Å²) in [5.74, 6) is 0.504. The first-order valence-electron chi connectivity index (χ1n) is 6.12. The van der Waals surface area contributed by atoms with Crippen molar-refractivity contribution in [3.05, 3.63) is 21.9 Å². The number of amides is 2. The predicted octanol–water partition coefficient (Wildman–Crippen LogP) is 3.29. The number of urea groups is 1. The summed E-state index contributed by atoms with van der Waals surface area (Å²) in [6.07, 6.45) is 1.07. The zero-order valence-electron chi connectivity index (χ0n) is 11.0. The van der Waals surface area contributed by atoms with Crippen molar-refractivity contribution in [1.82, 2.24) is 10.6 Å². The van der Waals surface area contributed by atoms with E-state index in [4.69, 9.17) is 0 Å². The smallest absolute Gasteiger partial charge is 0.315 e. The Morgan fingerprint density at radius 3 is 2.65 bits per heavy atom. The molecule has 0 fully saturated rings. The van der Waals surface area contributed by atoms with E-state index in [1.807, 2.05) is 6.92 Å². The Hall–Kier alpha value is -1.03. The molecule has 0 saturated carbocycles. The fraction of sp³-hybridized carbons (Fsp3) is 0.615. The highest BCUT2D eigenvalue weighted by molar-refractivity contribution is 7.11. The van der Waals surface area contributed by atoms with E-state index < -0.39 is 0 Å². The Balaban J connectivity index is 2.30. The molecule has 0 spiro atoms. The Morgan fingerprint density at radius 2 is 2.12 bits per heavy atom. The lowest BCUT2D eigenvalue weighted by atomic mass is 10.0. The van der Waals surface area contributed by atoms with Crippen LogP contribution in [0.5, 0.6) is 0 Å². The quantitative estimate of drug-likeness (QED) is 0.831. The molecule has 0 saturated heterocycles. The van der Waals surface area contributed by atoms with Crippen molar-refractivity contribution in [3.8, 4) is 0 Å². The van der Waals surface area contributed by atoms with Crippen molar-refractivity contribution in [2.24, 2.45) is 5.92 Å². The van der Waals surface area contributed by atoms with Gasteiger partial charge in [0.15, 0.2) is 0 Å². The van der Waals surface area contributed by atoms with Crippen LogP contribution >= 0.6 is 11.3 Å². The van der Waals surface area contributed by atoms with Gasteiger partial charge in [0.25, 0.3) is 0 Å². The van der Waals surface area contributed by atoms with Gasteiger partial charge in [0.2, 0.25) is 0 Å². The monoisotopic (exact) mass is 254 g/mol. The maximum atomic E-state index is 11.6. The first-order valence-corrected chi connectivity index (χ1v) is 6.94. The van der Waals surface area contributed by atoms with Gasteiger partial charge in [-0.1, -0.05) is 20.3 Å². The predicted molar refractivity (Wildman–Crippen MR) is 73.3 cm³/mol. The van der Waals surface area contributed by atoms with Gasteiger partial charge in [0, 0.05) is 15.8 Å². The van der Waals surface area contributed by atoms with Crippen molar-refractivity contribution in [1.29, 1.82) is 0 Å². The summed E-state index contributed by atoms with van der Waals surface area (Å²) < 4.78 is 0. The molecule has 3 nitrogen and oxygen atoms in total. The van der Waals surface area contributed by atoms with E-state index in [0.29, 0.717) is 12.5 Å². The van der Waals surface area contributed by atoms with E-state index in [1.165, 1.54) is 9.75 Å². The van der Waals surface area contributed by atoms with Crippen LogP contribution in [0.2, 0.25) is 0 Å². The fourth-order valence-electron chi connectivity index (χ4n) is 1.50. The van der Waals surface area contributed by atoms with Gasteiger partial charge in [-0.2, -0.15) is 0 Å². The molecule has 0 radical (unpaired) electrons. The third kappa shape index (κ3) is 4.77. The number of hydrogen-bond acceptors (Lipinski definition) is 2. The lowest BCUT2D eigenvalue weighted by molar-refractivity contribution is 0.233. The molecule has 0 aliphatic rings. The molecule has 1 aromatic rings. The standard InChI is InChI=1S/C13H22N2OS/c1-5-9(2)11(4)15-13(16)14-8-12-7-6-10(3)17-12/h6-7,9,11H,5,8H2,1-4H3,(H2,14,15,16). The highest BCUT2D eigenvalue weighted by Gasteiger charge is 2.12. The van der Waals surface area contributed by atoms with Crippen molar-refractivity contribution < 1.29 is 4.79 Å². The molecule has 2 amide bonds. The zero-order chi connectivity index (χ0) is 12.8. The molecule has 1 rings (SSSR count). The van der Waals surface area contributed by atoms with Gasteiger partial charge in [0.1, 0.15) is 0 Å². The second-order valence-electron chi connectivity index (χ2n) is 4.51. The normalized spacial score (nSPS) is 14.1.